The lowest BCUT2D eigenvalue weighted by Gasteiger charge is -2.30. The first-order valence-corrected chi connectivity index (χ1v) is 7.80. The van der Waals surface area contributed by atoms with Crippen LogP contribution in [-0.2, 0) is 5.33 Å². The fourth-order valence-electron chi connectivity index (χ4n) is 2.05. The van der Waals surface area contributed by atoms with Crippen molar-refractivity contribution >= 4 is 21.6 Å². The number of anilines is 1. The summed E-state index contributed by atoms with van der Waals surface area (Å²) in [5, 5.41) is 0.547. The molecule has 0 spiro atoms. The van der Waals surface area contributed by atoms with Crippen LogP contribution >= 0.6 is 15.9 Å². The second-order valence-corrected chi connectivity index (χ2v) is 6.08. The molecule has 0 aromatic heterocycles. The van der Waals surface area contributed by atoms with E-state index in [1.807, 2.05) is 6.07 Å². The van der Waals surface area contributed by atoms with E-state index in [2.05, 4.69) is 53.7 Å². The zero-order valence-electron chi connectivity index (χ0n) is 12.3. The highest BCUT2D eigenvalue weighted by Gasteiger charge is 2.15. The Balaban J connectivity index is 2.98. The van der Waals surface area contributed by atoms with Crippen molar-refractivity contribution in [2.75, 3.05) is 38.6 Å². The van der Waals surface area contributed by atoms with Gasteiger partial charge in [0.15, 0.2) is 0 Å². The van der Waals surface area contributed by atoms with Gasteiger partial charge in [0.25, 0.3) is 0 Å². The summed E-state index contributed by atoms with van der Waals surface area (Å²) in [6.07, 6.45) is 0. The zero-order chi connectivity index (χ0) is 14.4. The van der Waals surface area contributed by atoms with Crippen LogP contribution < -0.4 is 4.90 Å². The summed E-state index contributed by atoms with van der Waals surface area (Å²) in [4.78, 5) is 4.44. The number of rotatable bonds is 7. The predicted octanol–water partition coefficient (Wildman–Crippen LogP) is 3.74. The molecule has 0 radical (unpaired) electrons. The first kappa shape index (κ1) is 16.4. The quantitative estimate of drug-likeness (QED) is 0.702. The van der Waals surface area contributed by atoms with E-state index >= 15 is 0 Å². The van der Waals surface area contributed by atoms with Crippen molar-refractivity contribution in [1.82, 2.24) is 4.90 Å². The minimum absolute atomic E-state index is 0.131. The van der Waals surface area contributed by atoms with Gasteiger partial charge in [-0.3, -0.25) is 0 Å². The molecule has 0 aliphatic carbocycles. The van der Waals surface area contributed by atoms with E-state index in [1.165, 1.54) is 6.07 Å². The van der Waals surface area contributed by atoms with Crippen LogP contribution in [0.4, 0.5) is 10.1 Å². The normalized spacial score (nSPS) is 11.4. The molecule has 0 fully saturated rings. The summed E-state index contributed by atoms with van der Waals surface area (Å²) in [6, 6.07) is 5.33. The average molecular weight is 331 g/mol. The largest absolute Gasteiger partial charge is 0.370 e. The number of benzene rings is 1. The average Bonchev–Trinajstić information content (AvgIpc) is 2.33. The summed E-state index contributed by atoms with van der Waals surface area (Å²) in [7, 11) is 4.12. The van der Waals surface area contributed by atoms with Crippen molar-refractivity contribution in [3.63, 3.8) is 0 Å². The molecular formula is C15H24BrFN2. The van der Waals surface area contributed by atoms with Crippen LogP contribution in [0, 0.1) is 11.7 Å². The molecule has 1 rings (SSSR count). The topological polar surface area (TPSA) is 6.48 Å². The van der Waals surface area contributed by atoms with E-state index < -0.39 is 0 Å². The third-order valence-electron chi connectivity index (χ3n) is 2.97. The van der Waals surface area contributed by atoms with Crippen molar-refractivity contribution in [3.8, 4) is 0 Å². The van der Waals surface area contributed by atoms with Gasteiger partial charge in [-0.05, 0) is 32.1 Å². The maximum absolute atomic E-state index is 13.9. The number of halogens is 2. The summed E-state index contributed by atoms with van der Waals surface area (Å²) >= 11 is 3.40. The first-order valence-electron chi connectivity index (χ1n) is 6.68. The van der Waals surface area contributed by atoms with Crippen molar-refractivity contribution in [2.45, 2.75) is 19.2 Å². The maximum atomic E-state index is 13.9. The van der Waals surface area contributed by atoms with Gasteiger partial charge >= 0.3 is 0 Å². The van der Waals surface area contributed by atoms with E-state index in [9.17, 15) is 4.39 Å². The van der Waals surface area contributed by atoms with Gasteiger partial charge in [-0.25, -0.2) is 4.39 Å². The number of likely N-dealkylation sites (N-methyl/N-ethyl adjacent to an activating group) is 1. The Hall–Kier alpha value is -0.610. The lowest BCUT2D eigenvalue weighted by atomic mass is 10.1. The molecule has 0 unspecified atom stereocenters. The molecule has 0 aliphatic rings. The number of alkyl halides is 1. The van der Waals surface area contributed by atoms with Gasteiger partial charge in [-0.15, -0.1) is 0 Å². The van der Waals surface area contributed by atoms with Gasteiger partial charge < -0.3 is 9.80 Å². The molecule has 108 valence electrons. The molecule has 1 aromatic rings. The molecule has 0 aliphatic heterocycles. The summed E-state index contributed by atoms with van der Waals surface area (Å²) in [5.41, 5.74) is 1.76. The lowest BCUT2D eigenvalue weighted by Crippen LogP contribution is -2.35. The molecule has 0 bridgehead atoms. The Morgan fingerprint density at radius 3 is 2.42 bits per heavy atom. The summed E-state index contributed by atoms with van der Waals surface area (Å²) in [5.74, 6) is 0.418. The third-order valence-corrected chi connectivity index (χ3v) is 3.53. The molecule has 0 saturated heterocycles. The molecule has 0 N–H and O–H groups in total. The molecule has 0 heterocycles. The maximum Gasteiger partial charge on any atom is 0.129 e. The highest BCUT2D eigenvalue weighted by molar-refractivity contribution is 9.08. The lowest BCUT2D eigenvalue weighted by molar-refractivity contribution is 0.408. The molecule has 0 saturated carbocycles. The molecule has 1 aromatic carbocycles. The minimum Gasteiger partial charge on any atom is -0.370 e. The van der Waals surface area contributed by atoms with Crippen LogP contribution in [-0.4, -0.2) is 38.6 Å². The molecule has 4 heteroatoms. The van der Waals surface area contributed by atoms with Gasteiger partial charge in [0.1, 0.15) is 5.82 Å². The fourth-order valence-corrected chi connectivity index (χ4v) is 2.60. The number of hydrogen-bond acceptors (Lipinski definition) is 2. The molecule has 19 heavy (non-hydrogen) atoms. The molecular weight excluding hydrogens is 307 g/mol. The van der Waals surface area contributed by atoms with E-state index in [0.717, 1.165) is 30.9 Å². The van der Waals surface area contributed by atoms with Gasteiger partial charge in [0, 0.05) is 36.2 Å². The second-order valence-electron chi connectivity index (χ2n) is 5.51. The minimum atomic E-state index is -0.131. The molecule has 0 atom stereocenters. The van der Waals surface area contributed by atoms with Gasteiger partial charge in [-0.2, -0.15) is 0 Å². The first-order chi connectivity index (χ1) is 8.95. The van der Waals surface area contributed by atoms with Crippen molar-refractivity contribution in [3.05, 3.63) is 29.6 Å². The van der Waals surface area contributed by atoms with Crippen LogP contribution in [0.3, 0.4) is 0 Å². The van der Waals surface area contributed by atoms with Crippen LogP contribution in [0.2, 0.25) is 0 Å². The molecule has 2 nitrogen and oxygen atoms in total. The summed E-state index contributed by atoms with van der Waals surface area (Å²) < 4.78 is 13.9. The Kier molecular flexibility index (Phi) is 6.80. The third kappa shape index (κ3) is 5.11. The van der Waals surface area contributed by atoms with Crippen LogP contribution in [0.1, 0.15) is 19.4 Å². The highest BCUT2D eigenvalue weighted by atomic mass is 79.9. The number of hydrogen-bond donors (Lipinski definition) is 0. The monoisotopic (exact) mass is 330 g/mol. The van der Waals surface area contributed by atoms with Gasteiger partial charge in [-0.1, -0.05) is 35.8 Å². The Bertz CT molecular complexity index is 394. The van der Waals surface area contributed by atoms with Crippen molar-refractivity contribution < 1.29 is 4.39 Å². The predicted molar refractivity (Wildman–Crippen MR) is 84.6 cm³/mol. The van der Waals surface area contributed by atoms with E-state index in [1.54, 1.807) is 6.07 Å². The van der Waals surface area contributed by atoms with E-state index in [-0.39, 0.29) is 5.82 Å². The Morgan fingerprint density at radius 1 is 1.21 bits per heavy atom. The van der Waals surface area contributed by atoms with E-state index in [4.69, 9.17) is 0 Å². The fraction of sp³-hybridized carbons (Fsp3) is 0.600. The highest BCUT2D eigenvalue weighted by Crippen LogP contribution is 2.26. The van der Waals surface area contributed by atoms with Gasteiger partial charge in [0.2, 0.25) is 0 Å². The van der Waals surface area contributed by atoms with Crippen molar-refractivity contribution in [1.29, 1.82) is 0 Å². The smallest absolute Gasteiger partial charge is 0.129 e. The SMILES string of the molecule is CC(C)CN(CCN(C)C)c1cccc(F)c1CBr. The number of nitrogens with zero attached hydrogens (tertiary/aromatic N) is 2. The van der Waals surface area contributed by atoms with Crippen LogP contribution in [0.15, 0.2) is 18.2 Å². The van der Waals surface area contributed by atoms with Crippen LogP contribution in [0.5, 0.6) is 0 Å². The Morgan fingerprint density at radius 2 is 1.89 bits per heavy atom. The van der Waals surface area contributed by atoms with Gasteiger partial charge in [0.05, 0.1) is 0 Å². The second kappa shape index (κ2) is 7.85. The van der Waals surface area contributed by atoms with Crippen LogP contribution in [0.25, 0.3) is 0 Å². The van der Waals surface area contributed by atoms with Crippen molar-refractivity contribution in [2.24, 2.45) is 5.92 Å². The zero-order valence-corrected chi connectivity index (χ0v) is 13.9. The Labute approximate surface area is 124 Å². The van der Waals surface area contributed by atoms with E-state index in [0.29, 0.717) is 11.2 Å². The standard InChI is InChI=1S/C15H24BrFN2/c1-12(2)11-19(9-8-18(3)4)15-7-5-6-14(17)13(15)10-16/h5-7,12H,8-11H2,1-4H3. The summed E-state index contributed by atoms with van der Waals surface area (Å²) in [6.45, 7) is 7.20. The molecule has 0 amide bonds.